The van der Waals surface area contributed by atoms with Crippen LogP contribution in [-0.2, 0) is 4.79 Å². The third-order valence-corrected chi connectivity index (χ3v) is 2.41. The molecule has 3 heteroatoms. The van der Waals surface area contributed by atoms with Gasteiger partial charge >= 0.3 is 0 Å². The lowest BCUT2D eigenvalue weighted by Gasteiger charge is -1.99. The number of carbonyl (C=O) groups is 1. The second kappa shape index (κ2) is 3.17. The molecule has 0 spiro atoms. The van der Waals surface area contributed by atoms with Crippen LogP contribution < -0.4 is 4.74 Å². The lowest BCUT2D eigenvalue weighted by atomic mass is 10.1. The monoisotopic (exact) mass is 177 g/mol. The average molecular weight is 177 g/mol. The Morgan fingerprint density at radius 3 is 2.92 bits per heavy atom. The van der Waals surface area contributed by atoms with Crippen LogP contribution in [0.5, 0.6) is 5.88 Å². The Morgan fingerprint density at radius 2 is 2.46 bits per heavy atom. The molecule has 2 rings (SSSR count). The van der Waals surface area contributed by atoms with E-state index in [9.17, 15) is 4.79 Å². The summed E-state index contributed by atoms with van der Waals surface area (Å²) in [4.78, 5) is 14.5. The minimum absolute atomic E-state index is 0.218. The number of aromatic nitrogens is 1. The highest BCUT2D eigenvalue weighted by Crippen LogP contribution is 2.45. The molecule has 1 aliphatic rings. The van der Waals surface area contributed by atoms with Gasteiger partial charge in [-0.15, -0.1) is 0 Å². The molecule has 1 heterocycles. The predicted octanol–water partition coefficient (Wildman–Crippen LogP) is 1.39. The molecule has 0 unspecified atom stereocenters. The number of hydrogen-bond acceptors (Lipinski definition) is 3. The van der Waals surface area contributed by atoms with Crippen molar-refractivity contribution in [1.29, 1.82) is 0 Å². The van der Waals surface area contributed by atoms with Gasteiger partial charge in [-0.1, -0.05) is 6.07 Å². The molecule has 0 radical (unpaired) electrons. The van der Waals surface area contributed by atoms with Crippen LogP contribution in [0.15, 0.2) is 18.3 Å². The molecule has 13 heavy (non-hydrogen) atoms. The van der Waals surface area contributed by atoms with E-state index in [4.69, 9.17) is 4.74 Å². The normalized spacial score (nSPS) is 25.3. The molecule has 1 saturated carbocycles. The zero-order valence-electron chi connectivity index (χ0n) is 7.43. The molecule has 0 amide bonds. The fourth-order valence-corrected chi connectivity index (χ4v) is 1.48. The van der Waals surface area contributed by atoms with Crippen molar-refractivity contribution in [2.24, 2.45) is 5.92 Å². The van der Waals surface area contributed by atoms with E-state index in [2.05, 4.69) is 4.98 Å². The molecule has 1 aliphatic carbocycles. The topological polar surface area (TPSA) is 39.2 Å². The van der Waals surface area contributed by atoms with Crippen molar-refractivity contribution in [2.45, 2.75) is 12.3 Å². The number of nitrogens with zero attached hydrogens (tertiary/aromatic N) is 1. The number of carbonyl (C=O) groups excluding carboxylic acids is 1. The Labute approximate surface area is 76.7 Å². The Bertz CT molecular complexity index is 307. The van der Waals surface area contributed by atoms with Gasteiger partial charge in [0.1, 0.15) is 6.29 Å². The van der Waals surface area contributed by atoms with Crippen molar-refractivity contribution in [3.05, 3.63) is 23.9 Å². The van der Waals surface area contributed by atoms with Gasteiger partial charge in [-0.2, -0.15) is 0 Å². The summed E-state index contributed by atoms with van der Waals surface area (Å²) in [7, 11) is 1.59. The highest BCUT2D eigenvalue weighted by Gasteiger charge is 2.38. The van der Waals surface area contributed by atoms with E-state index in [0.717, 1.165) is 18.3 Å². The summed E-state index contributed by atoms with van der Waals surface area (Å²) >= 11 is 0. The maximum absolute atomic E-state index is 10.4. The lowest BCUT2D eigenvalue weighted by molar-refractivity contribution is -0.108. The smallest absolute Gasteiger partial charge is 0.212 e. The minimum atomic E-state index is 0.218. The van der Waals surface area contributed by atoms with Gasteiger partial charge < -0.3 is 9.53 Å². The molecular formula is C10H11NO2. The molecule has 2 atom stereocenters. The Kier molecular flexibility index (Phi) is 2.00. The van der Waals surface area contributed by atoms with Crippen LogP contribution in [0.4, 0.5) is 0 Å². The zero-order valence-corrected chi connectivity index (χ0v) is 7.43. The minimum Gasteiger partial charge on any atom is -0.481 e. The first kappa shape index (κ1) is 8.23. The van der Waals surface area contributed by atoms with Crippen molar-refractivity contribution in [2.75, 3.05) is 7.11 Å². The Hall–Kier alpha value is -1.38. The van der Waals surface area contributed by atoms with E-state index in [1.54, 1.807) is 13.3 Å². The van der Waals surface area contributed by atoms with Gasteiger partial charge in [0.2, 0.25) is 5.88 Å². The first-order valence-electron chi connectivity index (χ1n) is 4.30. The number of hydrogen-bond donors (Lipinski definition) is 0. The van der Waals surface area contributed by atoms with E-state index in [1.165, 1.54) is 0 Å². The van der Waals surface area contributed by atoms with Gasteiger partial charge in [0.05, 0.1) is 7.11 Å². The molecule has 1 fully saturated rings. The maximum atomic E-state index is 10.4. The van der Waals surface area contributed by atoms with E-state index < -0.39 is 0 Å². The zero-order chi connectivity index (χ0) is 9.26. The van der Waals surface area contributed by atoms with Crippen LogP contribution in [0, 0.1) is 5.92 Å². The van der Waals surface area contributed by atoms with Gasteiger partial charge in [-0.3, -0.25) is 0 Å². The van der Waals surface area contributed by atoms with Gasteiger partial charge in [0.15, 0.2) is 0 Å². The average Bonchev–Trinajstić information content (AvgIpc) is 2.97. The Balaban J connectivity index is 2.11. The van der Waals surface area contributed by atoms with Gasteiger partial charge in [0.25, 0.3) is 0 Å². The number of methoxy groups -OCH3 is 1. The van der Waals surface area contributed by atoms with Gasteiger partial charge in [-0.25, -0.2) is 4.98 Å². The van der Waals surface area contributed by atoms with E-state index in [-0.39, 0.29) is 5.92 Å². The molecule has 0 aromatic carbocycles. The third kappa shape index (κ3) is 1.54. The standard InChI is InChI=1S/C10H11NO2/c1-13-10-3-2-7(5-11-10)9-4-8(9)6-12/h2-3,5-6,8-9H,4H2,1H3/t8-,9-/m1/s1. The van der Waals surface area contributed by atoms with E-state index in [1.807, 2.05) is 12.1 Å². The quantitative estimate of drug-likeness (QED) is 0.655. The van der Waals surface area contributed by atoms with Crippen molar-refractivity contribution in [3.63, 3.8) is 0 Å². The molecule has 0 saturated heterocycles. The molecule has 0 aliphatic heterocycles. The summed E-state index contributed by atoms with van der Waals surface area (Å²) in [6.45, 7) is 0. The maximum Gasteiger partial charge on any atom is 0.212 e. The largest absolute Gasteiger partial charge is 0.481 e. The highest BCUT2D eigenvalue weighted by molar-refractivity contribution is 5.61. The predicted molar refractivity (Wildman–Crippen MR) is 47.7 cm³/mol. The van der Waals surface area contributed by atoms with E-state index in [0.29, 0.717) is 11.8 Å². The summed E-state index contributed by atoms with van der Waals surface area (Å²) in [6, 6.07) is 3.80. The molecule has 1 aromatic heterocycles. The van der Waals surface area contributed by atoms with Crippen LogP contribution in [0.25, 0.3) is 0 Å². The highest BCUT2D eigenvalue weighted by atomic mass is 16.5. The molecule has 0 bridgehead atoms. The van der Waals surface area contributed by atoms with Crippen LogP contribution in [0.3, 0.4) is 0 Å². The van der Waals surface area contributed by atoms with Crippen molar-refractivity contribution < 1.29 is 9.53 Å². The number of aldehydes is 1. The summed E-state index contributed by atoms with van der Waals surface area (Å²) in [5, 5.41) is 0. The molecular weight excluding hydrogens is 166 g/mol. The van der Waals surface area contributed by atoms with Crippen molar-refractivity contribution >= 4 is 6.29 Å². The van der Waals surface area contributed by atoms with Crippen molar-refractivity contribution in [1.82, 2.24) is 4.98 Å². The Morgan fingerprint density at radius 1 is 1.62 bits per heavy atom. The molecule has 0 N–H and O–H groups in total. The first-order chi connectivity index (χ1) is 6.35. The lowest BCUT2D eigenvalue weighted by Crippen LogP contribution is -1.89. The molecule has 1 aromatic rings. The summed E-state index contributed by atoms with van der Waals surface area (Å²) in [5.41, 5.74) is 1.14. The summed E-state index contributed by atoms with van der Waals surface area (Å²) < 4.78 is 4.94. The second-order valence-corrected chi connectivity index (χ2v) is 3.28. The van der Waals surface area contributed by atoms with Crippen LogP contribution in [0.1, 0.15) is 17.9 Å². The SMILES string of the molecule is COc1ccc([C@H]2C[C@@H]2C=O)cn1. The molecule has 3 nitrogen and oxygen atoms in total. The van der Waals surface area contributed by atoms with Gasteiger partial charge in [0, 0.05) is 18.2 Å². The van der Waals surface area contributed by atoms with E-state index >= 15 is 0 Å². The van der Waals surface area contributed by atoms with Crippen LogP contribution >= 0.6 is 0 Å². The van der Waals surface area contributed by atoms with Gasteiger partial charge in [-0.05, 0) is 17.9 Å². The number of ether oxygens (including phenoxy) is 1. The fraction of sp³-hybridized carbons (Fsp3) is 0.400. The summed E-state index contributed by atoms with van der Waals surface area (Å²) in [5.74, 6) is 1.23. The molecule has 68 valence electrons. The van der Waals surface area contributed by atoms with Crippen molar-refractivity contribution in [3.8, 4) is 5.88 Å². The number of rotatable bonds is 3. The summed E-state index contributed by atoms with van der Waals surface area (Å²) in [6.07, 6.45) is 3.78. The number of pyridine rings is 1. The van der Waals surface area contributed by atoms with Crippen LogP contribution in [-0.4, -0.2) is 18.4 Å². The second-order valence-electron chi connectivity index (χ2n) is 3.28. The first-order valence-corrected chi connectivity index (χ1v) is 4.30. The van der Waals surface area contributed by atoms with Crippen LogP contribution in [0.2, 0.25) is 0 Å². The third-order valence-electron chi connectivity index (χ3n) is 2.41. The fourth-order valence-electron chi connectivity index (χ4n) is 1.48.